The smallest absolute Gasteiger partial charge is 0.329 e. The van der Waals surface area contributed by atoms with Crippen molar-refractivity contribution in [3.8, 4) is 17.2 Å². The first kappa shape index (κ1) is 34.5. The Morgan fingerprint density at radius 3 is 2.33 bits per heavy atom. The van der Waals surface area contributed by atoms with Crippen LogP contribution in [-0.4, -0.2) is 69.0 Å². The molecule has 2 aliphatic rings. The highest BCUT2D eigenvalue weighted by atomic mass is 16.5. The Hall–Kier alpha value is -3.00. The van der Waals surface area contributed by atoms with Crippen LogP contribution in [0.15, 0.2) is 37.4 Å². The number of hydrogen-bond donors (Lipinski definition) is 0. The van der Waals surface area contributed by atoms with Gasteiger partial charge in [0.15, 0.2) is 11.5 Å². The van der Waals surface area contributed by atoms with Crippen molar-refractivity contribution in [1.29, 1.82) is 0 Å². The second kappa shape index (κ2) is 17.3. The van der Waals surface area contributed by atoms with Crippen LogP contribution in [0.3, 0.4) is 0 Å². The third kappa shape index (κ3) is 9.24. The lowest BCUT2D eigenvalue weighted by Crippen LogP contribution is -2.51. The molecule has 1 amide bonds. The minimum atomic E-state index is -0.597. The van der Waals surface area contributed by atoms with Crippen LogP contribution in [0.4, 0.5) is 0 Å². The summed E-state index contributed by atoms with van der Waals surface area (Å²) in [5.41, 5.74) is 0.826. The summed E-state index contributed by atoms with van der Waals surface area (Å²) in [4.78, 5) is 29.8. The van der Waals surface area contributed by atoms with Gasteiger partial charge in [-0.1, -0.05) is 38.3 Å². The maximum Gasteiger partial charge on any atom is 0.329 e. The zero-order valence-corrected chi connectivity index (χ0v) is 27.0. The highest BCUT2D eigenvalue weighted by Gasteiger charge is 2.41. The molecule has 1 aliphatic carbocycles. The number of carbonyl (C=O) groups excluding carboxylic acids is 2. The molecule has 3 rings (SSSR count). The molecule has 5 atom stereocenters. The van der Waals surface area contributed by atoms with Gasteiger partial charge < -0.3 is 28.6 Å². The highest BCUT2D eigenvalue weighted by Crippen LogP contribution is 2.45. The Labute approximate surface area is 258 Å². The Balaban J connectivity index is 1.95. The van der Waals surface area contributed by atoms with Crippen LogP contribution in [0.25, 0.3) is 0 Å². The molecule has 1 aromatic rings. The van der Waals surface area contributed by atoms with Gasteiger partial charge in [-0.3, -0.25) is 4.79 Å². The molecule has 43 heavy (non-hydrogen) atoms. The van der Waals surface area contributed by atoms with Crippen LogP contribution in [0.1, 0.15) is 90.0 Å². The molecule has 2 fully saturated rings. The standard InChI is InChI=1S/C35H53NO7/c1-8-20-41-25(4)18-21-42-31-23-28(22-30(39-6)33(31)40-7)32(27-15-11-10-12-16-27)34(37)36-19-14-13-17-29(36)35(38)43-26(5)24(3)9-2/h8-9,22-27,29,32H,1-2,10-21H2,3-7H3/t24-,25+,26+,29-,32-/m0/s1. The number of carbonyl (C=O) groups is 2. The average Bonchev–Trinajstić information content (AvgIpc) is 3.03. The summed E-state index contributed by atoms with van der Waals surface area (Å²) in [5, 5.41) is 0. The van der Waals surface area contributed by atoms with Gasteiger partial charge in [-0.25, -0.2) is 4.79 Å². The van der Waals surface area contributed by atoms with E-state index in [1.54, 1.807) is 31.3 Å². The van der Waals surface area contributed by atoms with Crippen molar-refractivity contribution in [2.45, 2.75) is 103 Å². The average molecular weight is 600 g/mol. The van der Waals surface area contributed by atoms with Crippen molar-refractivity contribution < 1.29 is 33.3 Å². The second-order valence-electron chi connectivity index (χ2n) is 12.0. The van der Waals surface area contributed by atoms with E-state index in [0.29, 0.717) is 49.8 Å². The van der Waals surface area contributed by atoms with Crippen molar-refractivity contribution in [3.05, 3.63) is 43.0 Å². The summed E-state index contributed by atoms with van der Waals surface area (Å²) in [6.45, 7) is 14.8. The van der Waals surface area contributed by atoms with Crippen LogP contribution in [0.5, 0.6) is 17.2 Å². The van der Waals surface area contributed by atoms with Gasteiger partial charge in [0.05, 0.1) is 39.5 Å². The van der Waals surface area contributed by atoms with E-state index in [-0.39, 0.29) is 35.9 Å². The summed E-state index contributed by atoms with van der Waals surface area (Å²) in [6, 6.07) is 3.24. The van der Waals surface area contributed by atoms with E-state index < -0.39 is 12.0 Å². The first-order chi connectivity index (χ1) is 20.7. The number of rotatable bonds is 16. The topological polar surface area (TPSA) is 83.5 Å². The van der Waals surface area contributed by atoms with Gasteiger partial charge in [-0.15, -0.1) is 13.2 Å². The predicted octanol–water partition coefficient (Wildman–Crippen LogP) is 6.86. The van der Waals surface area contributed by atoms with Crippen molar-refractivity contribution >= 4 is 11.9 Å². The largest absolute Gasteiger partial charge is 0.493 e. The van der Waals surface area contributed by atoms with Gasteiger partial charge in [0.2, 0.25) is 11.7 Å². The third-order valence-electron chi connectivity index (χ3n) is 8.97. The Kier molecular flexibility index (Phi) is 13.9. The van der Waals surface area contributed by atoms with E-state index in [4.69, 9.17) is 23.7 Å². The van der Waals surface area contributed by atoms with E-state index in [9.17, 15) is 9.59 Å². The van der Waals surface area contributed by atoms with Crippen molar-refractivity contribution in [2.75, 3.05) is 34.0 Å². The lowest BCUT2D eigenvalue weighted by Gasteiger charge is -2.40. The molecule has 1 heterocycles. The number of esters is 1. The van der Waals surface area contributed by atoms with Gasteiger partial charge in [-0.05, 0) is 69.6 Å². The maximum absolute atomic E-state index is 14.6. The number of amides is 1. The minimum absolute atomic E-state index is 0.00128. The van der Waals surface area contributed by atoms with Crippen LogP contribution in [0.2, 0.25) is 0 Å². The fourth-order valence-corrected chi connectivity index (χ4v) is 6.15. The first-order valence-electron chi connectivity index (χ1n) is 16.0. The van der Waals surface area contributed by atoms with Crippen LogP contribution in [-0.2, 0) is 19.1 Å². The molecule has 8 heteroatoms. The fourth-order valence-electron chi connectivity index (χ4n) is 6.15. The van der Waals surface area contributed by atoms with Crippen molar-refractivity contribution in [1.82, 2.24) is 4.90 Å². The zero-order chi connectivity index (χ0) is 31.4. The first-order valence-corrected chi connectivity index (χ1v) is 16.0. The molecule has 0 bridgehead atoms. The number of methoxy groups -OCH3 is 2. The van der Waals surface area contributed by atoms with Crippen LogP contribution in [0, 0.1) is 11.8 Å². The normalized spacial score (nSPS) is 20.3. The maximum atomic E-state index is 14.6. The number of hydrogen-bond acceptors (Lipinski definition) is 7. The number of piperidine rings is 1. The molecule has 0 N–H and O–H groups in total. The molecular weight excluding hydrogens is 546 g/mol. The van der Waals surface area contributed by atoms with Gasteiger partial charge in [0.25, 0.3) is 0 Å². The van der Waals surface area contributed by atoms with E-state index >= 15 is 0 Å². The van der Waals surface area contributed by atoms with Crippen LogP contribution < -0.4 is 14.2 Å². The molecule has 0 radical (unpaired) electrons. The van der Waals surface area contributed by atoms with Crippen LogP contribution >= 0.6 is 0 Å². The SMILES string of the molecule is C=CCO[C@H](C)CCOc1cc([C@@H](C(=O)N2CCCC[C@H]2C(=O)O[C@H](C)[C@@H](C)C=C)C2CCCCC2)cc(OC)c1OC. The highest BCUT2D eigenvalue weighted by molar-refractivity contribution is 5.89. The summed E-state index contributed by atoms with van der Waals surface area (Å²) in [5.74, 6) is 0.917. The molecule has 0 spiro atoms. The van der Waals surface area contributed by atoms with Crippen molar-refractivity contribution in [2.24, 2.45) is 11.8 Å². The Morgan fingerprint density at radius 2 is 1.67 bits per heavy atom. The number of ether oxygens (including phenoxy) is 5. The molecule has 1 saturated carbocycles. The fraction of sp³-hybridized carbons (Fsp3) is 0.657. The van der Waals surface area contributed by atoms with Gasteiger partial charge in [0.1, 0.15) is 12.1 Å². The quantitative estimate of drug-likeness (QED) is 0.152. The lowest BCUT2D eigenvalue weighted by molar-refractivity contribution is -0.163. The third-order valence-corrected chi connectivity index (χ3v) is 8.97. The van der Waals surface area contributed by atoms with Crippen molar-refractivity contribution in [3.63, 3.8) is 0 Å². The lowest BCUT2D eigenvalue weighted by atomic mass is 9.75. The molecule has 0 aromatic heterocycles. The monoisotopic (exact) mass is 599 g/mol. The van der Waals surface area contributed by atoms with E-state index in [1.807, 2.05) is 32.9 Å². The van der Waals surface area contributed by atoms with E-state index in [2.05, 4.69) is 13.2 Å². The van der Waals surface area contributed by atoms with E-state index in [0.717, 1.165) is 44.1 Å². The molecule has 8 nitrogen and oxygen atoms in total. The summed E-state index contributed by atoms with van der Waals surface area (Å²) < 4.78 is 29.2. The number of nitrogens with zero attached hydrogens (tertiary/aromatic N) is 1. The minimum Gasteiger partial charge on any atom is -0.493 e. The zero-order valence-electron chi connectivity index (χ0n) is 27.0. The molecule has 1 saturated heterocycles. The summed E-state index contributed by atoms with van der Waals surface area (Å²) in [6.07, 6.45) is 11.5. The Bertz CT molecular complexity index is 1070. The number of likely N-dealkylation sites (tertiary alicyclic amines) is 1. The molecular formula is C35H53NO7. The summed E-state index contributed by atoms with van der Waals surface area (Å²) in [7, 11) is 3.18. The summed E-state index contributed by atoms with van der Waals surface area (Å²) >= 11 is 0. The molecule has 1 aliphatic heterocycles. The molecule has 240 valence electrons. The Morgan fingerprint density at radius 1 is 0.977 bits per heavy atom. The van der Waals surface area contributed by atoms with Gasteiger partial charge in [-0.2, -0.15) is 0 Å². The number of benzene rings is 1. The van der Waals surface area contributed by atoms with Gasteiger partial charge in [0, 0.05) is 18.9 Å². The molecule has 1 aromatic carbocycles. The molecule has 0 unspecified atom stereocenters. The predicted molar refractivity (Wildman–Crippen MR) is 169 cm³/mol. The van der Waals surface area contributed by atoms with Gasteiger partial charge >= 0.3 is 5.97 Å². The second-order valence-corrected chi connectivity index (χ2v) is 12.0. The van der Waals surface area contributed by atoms with E-state index in [1.165, 1.54) is 6.42 Å².